The topological polar surface area (TPSA) is 55.4 Å². The zero-order valence-electron chi connectivity index (χ0n) is 8.49. The lowest BCUT2D eigenvalue weighted by atomic mass is 10.2. The van der Waals surface area contributed by atoms with Crippen LogP contribution >= 0.6 is 11.3 Å². The van der Waals surface area contributed by atoms with Crippen molar-refractivity contribution >= 4 is 23.2 Å². The molecule has 82 valence electrons. The minimum atomic E-state index is -0.460. The first-order valence-electron chi connectivity index (χ1n) is 4.62. The second-order valence-electron chi connectivity index (χ2n) is 2.92. The Morgan fingerprint density at radius 3 is 2.93 bits per heavy atom. The third-order valence-electron chi connectivity index (χ3n) is 1.83. The van der Waals surface area contributed by atoms with Crippen LogP contribution in [-0.4, -0.2) is 25.5 Å². The van der Waals surface area contributed by atoms with Gasteiger partial charge in [-0.25, -0.2) is 4.79 Å². The van der Waals surface area contributed by atoms with Crippen LogP contribution in [0.4, 0.5) is 4.79 Å². The molecule has 1 heterocycles. The SMILES string of the molecule is COC(=O)NCCCC(=O)c1cccs1. The molecule has 0 aliphatic rings. The zero-order valence-corrected chi connectivity index (χ0v) is 9.30. The molecule has 1 aromatic rings. The van der Waals surface area contributed by atoms with Crippen molar-refractivity contribution in [3.8, 4) is 0 Å². The second kappa shape index (κ2) is 6.19. The highest BCUT2D eigenvalue weighted by Crippen LogP contribution is 2.11. The Bertz CT molecular complexity index is 321. The van der Waals surface area contributed by atoms with Gasteiger partial charge in [-0.05, 0) is 17.9 Å². The maximum Gasteiger partial charge on any atom is 0.406 e. The van der Waals surface area contributed by atoms with Crippen molar-refractivity contribution in [3.05, 3.63) is 22.4 Å². The summed E-state index contributed by atoms with van der Waals surface area (Å²) in [6, 6.07) is 3.66. The molecule has 0 saturated heterocycles. The van der Waals surface area contributed by atoms with Crippen LogP contribution in [0, 0.1) is 0 Å². The molecule has 1 N–H and O–H groups in total. The number of ether oxygens (including phenoxy) is 1. The summed E-state index contributed by atoms with van der Waals surface area (Å²) in [6.07, 6.45) is 0.620. The van der Waals surface area contributed by atoms with Crippen molar-refractivity contribution in [3.63, 3.8) is 0 Å². The van der Waals surface area contributed by atoms with Crippen LogP contribution in [0.3, 0.4) is 0 Å². The summed E-state index contributed by atoms with van der Waals surface area (Å²) >= 11 is 1.44. The Balaban J connectivity index is 2.16. The molecule has 0 atom stereocenters. The number of thiophene rings is 1. The van der Waals surface area contributed by atoms with E-state index in [1.807, 2.05) is 11.4 Å². The van der Waals surface area contributed by atoms with Gasteiger partial charge in [-0.3, -0.25) is 4.79 Å². The van der Waals surface area contributed by atoms with Gasteiger partial charge in [0.2, 0.25) is 0 Å². The van der Waals surface area contributed by atoms with Crippen LogP contribution in [0.15, 0.2) is 17.5 Å². The van der Waals surface area contributed by atoms with Crippen molar-refractivity contribution in [1.29, 1.82) is 0 Å². The van der Waals surface area contributed by atoms with Crippen LogP contribution in [0.1, 0.15) is 22.5 Å². The van der Waals surface area contributed by atoms with Gasteiger partial charge < -0.3 is 10.1 Å². The fourth-order valence-corrected chi connectivity index (χ4v) is 1.77. The number of ketones is 1. The van der Waals surface area contributed by atoms with E-state index < -0.39 is 6.09 Å². The first kappa shape index (κ1) is 11.7. The highest BCUT2D eigenvalue weighted by atomic mass is 32.1. The van der Waals surface area contributed by atoms with Crippen molar-refractivity contribution in [2.75, 3.05) is 13.7 Å². The van der Waals surface area contributed by atoms with Gasteiger partial charge in [0, 0.05) is 13.0 Å². The third-order valence-corrected chi connectivity index (χ3v) is 2.74. The van der Waals surface area contributed by atoms with E-state index in [2.05, 4.69) is 10.1 Å². The molecule has 0 aliphatic heterocycles. The summed E-state index contributed by atoms with van der Waals surface area (Å²) in [5.74, 6) is 0.122. The first-order valence-corrected chi connectivity index (χ1v) is 5.50. The lowest BCUT2D eigenvalue weighted by Crippen LogP contribution is -2.24. The normalized spacial score (nSPS) is 9.67. The molecule has 0 spiro atoms. The Hall–Kier alpha value is -1.36. The summed E-state index contributed by atoms with van der Waals surface area (Å²) in [4.78, 5) is 22.9. The minimum absolute atomic E-state index is 0.122. The molecule has 1 rings (SSSR count). The molecular formula is C10H13NO3S. The fraction of sp³-hybridized carbons (Fsp3) is 0.400. The van der Waals surface area contributed by atoms with E-state index in [0.717, 1.165) is 4.88 Å². The number of carbonyl (C=O) groups is 2. The third kappa shape index (κ3) is 4.12. The molecule has 1 amide bonds. The Morgan fingerprint density at radius 2 is 2.33 bits per heavy atom. The maximum atomic E-state index is 11.5. The molecule has 0 unspecified atom stereocenters. The lowest BCUT2D eigenvalue weighted by Gasteiger charge is -2.02. The van der Waals surface area contributed by atoms with Gasteiger partial charge >= 0.3 is 6.09 Å². The standard InChI is InChI=1S/C10H13NO3S/c1-14-10(13)11-6-2-4-8(12)9-5-3-7-15-9/h3,5,7H,2,4,6H2,1H3,(H,11,13). The van der Waals surface area contributed by atoms with E-state index in [-0.39, 0.29) is 5.78 Å². The largest absolute Gasteiger partial charge is 0.453 e. The van der Waals surface area contributed by atoms with Crippen LogP contribution < -0.4 is 5.32 Å². The van der Waals surface area contributed by atoms with Gasteiger partial charge in [0.15, 0.2) is 5.78 Å². The number of nitrogens with one attached hydrogen (secondary N) is 1. The predicted octanol–water partition coefficient (Wildman–Crippen LogP) is 2.07. The van der Waals surface area contributed by atoms with E-state index >= 15 is 0 Å². The lowest BCUT2D eigenvalue weighted by molar-refractivity contribution is 0.0983. The highest BCUT2D eigenvalue weighted by Gasteiger charge is 2.06. The van der Waals surface area contributed by atoms with Crippen molar-refractivity contribution in [1.82, 2.24) is 5.32 Å². The Labute approximate surface area is 92.2 Å². The van der Waals surface area contributed by atoms with Gasteiger partial charge in [0.25, 0.3) is 0 Å². The number of hydrogen-bond acceptors (Lipinski definition) is 4. The zero-order chi connectivity index (χ0) is 11.1. The number of amides is 1. The van der Waals surface area contributed by atoms with Gasteiger partial charge in [-0.1, -0.05) is 6.07 Å². The van der Waals surface area contributed by atoms with Crippen molar-refractivity contribution in [2.45, 2.75) is 12.8 Å². The molecule has 0 radical (unpaired) electrons. The quantitative estimate of drug-likeness (QED) is 0.619. The number of carbonyl (C=O) groups excluding carboxylic acids is 2. The molecule has 5 heteroatoms. The molecule has 0 aliphatic carbocycles. The summed E-state index contributed by atoms with van der Waals surface area (Å²) in [5, 5.41) is 4.40. The summed E-state index contributed by atoms with van der Waals surface area (Å²) in [6.45, 7) is 0.462. The Kier molecular flexibility index (Phi) is 4.83. The average Bonchev–Trinajstić information content (AvgIpc) is 2.77. The molecule has 0 aromatic carbocycles. The summed E-state index contributed by atoms with van der Waals surface area (Å²) in [5.41, 5.74) is 0. The highest BCUT2D eigenvalue weighted by molar-refractivity contribution is 7.12. The van der Waals surface area contributed by atoms with E-state index in [9.17, 15) is 9.59 Å². The number of alkyl carbamates (subject to hydrolysis) is 1. The molecule has 0 fully saturated rings. The second-order valence-corrected chi connectivity index (χ2v) is 3.87. The molecule has 0 saturated carbocycles. The monoisotopic (exact) mass is 227 g/mol. The summed E-state index contributed by atoms with van der Waals surface area (Å²) in [7, 11) is 1.31. The summed E-state index contributed by atoms with van der Waals surface area (Å²) < 4.78 is 4.40. The molecule has 4 nitrogen and oxygen atoms in total. The molecular weight excluding hydrogens is 214 g/mol. The smallest absolute Gasteiger partial charge is 0.406 e. The molecule has 15 heavy (non-hydrogen) atoms. The number of methoxy groups -OCH3 is 1. The minimum Gasteiger partial charge on any atom is -0.453 e. The van der Waals surface area contributed by atoms with Crippen molar-refractivity contribution < 1.29 is 14.3 Å². The first-order chi connectivity index (χ1) is 7.24. The average molecular weight is 227 g/mol. The fourth-order valence-electron chi connectivity index (χ4n) is 1.07. The van der Waals surface area contributed by atoms with E-state index in [4.69, 9.17) is 0 Å². The van der Waals surface area contributed by atoms with Gasteiger partial charge in [0.05, 0.1) is 12.0 Å². The van der Waals surface area contributed by atoms with Crippen LogP contribution in [0.2, 0.25) is 0 Å². The van der Waals surface area contributed by atoms with E-state index in [0.29, 0.717) is 19.4 Å². The number of hydrogen-bond donors (Lipinski definition) is 1. The van der Waals surface area contributed by atoms with E-state index in [1.54, 1.807) is 6.07 Å². The van der Waals surface area contributed by atoms with Gasteiger partial charge in [-0.2, -0.15) is 0 Å². The number of rotatable bonds is 5. The van der Waals surface area contributed by atoms with Crippen molar-refractivity contribution in [2.24, 2.45) is 0 Å². The maximum absolute atomic E-state index is 11.5. The molecule has 1 aromatic heterocycles. The van der Waals surface area contributed by atoms with Crippen LogP contribution in [-0.2, 0) is 4.74 Å². The predicted molar refractivity (Wildman–Crippen MR) is 58.3 cm³/mol. The molecule has 0 bridgehead atoms. The number of Topliss-reactive ketones (excluding diaryl/α,β-unsaturated/α-hetero) is 1. The van der Waals surface area contributed by atoms with Gasteiger partial charge in [0.1, 0.15) is 0 Å². The van der Waals surface area contributed by atoms with Crippen LogP contribution in [0.25, 0.3) is 0 Å². The van der Waals surface area contributed by atoms with Crippen LogP contribution in [0.5, 0.6) is 0 Å². The van der Waals surface area contributed by atoms with Gasteiger partial charge in [-0.15, -0.1) is 11.3 Å². The Morgan fingerprint density at radius 1 is 1.53 bits per heavy atom. The van der Waals surface area contributed by atoms with E-state index in [1.165, 1.54) is 18.4 Å².